The Morgan fingerprint density at radius 2 is 1.53 bits per heavy atom. The lowest BCUT2D eigenvalue weighted by Crippen LogP contribution is -2.34. The van der Waals surface area contributed by atoms with E-state index in [1.807, 2.05) is 76.2 Å². The van der Waals surface area contributed by atoms with Crippen LogP contribution in [0.25, 0.3) is 11.1 Å². The highest BCUT2D eigenvalue weighted by molar-refractivity contribution is 6.01. The summed E-state index contributed by atoms with van der Waals surface area (Å²) in [5, 5.41) is 5.92. The van der Waals surface area contributed by atoms with Crippen molar-refractivity contribution in [2.24, 2.45) is 5.92 Å². The first kappa shape index (κ1) is 23.5. The molecule has 0 heterocycles. The summed E-state index contributed by atoms with van der Waals surface area (Å²) in [4.78, 5) is 25.1. The van der Waals surface area contributed by atoms with E-state index < -0.39 is 11.7 Å². The van der Waals surface area contributed by atoms with E-state index >= 15 is 0 Å². The van der Waals surface area contributed by atoms with Crippen molar-refractivity contribution in [2.75, 3.05) is 6.54 Å². The number of ether oxygens (including phenoxy) is 1. The molecule has 2 N–H and O–H groups in total. The Morgan fingerprint density at radius 1 is 0.933 bits per heavy atom. The third-order valence-electron chi connectivity index (χ3n) is 4.63. The predicted molar refractivity (Wildman–Crippen MR) is 121 cm³/mol. The second kappa shape index (κ2) is 10.3. The number of nitrogens with one attached hydrogen (secondary N) is 2. The van der Waals surface area contributed by atoms with E-state index in [4.69, 9.17) is 4.74 Å². The van der Waals surface area contributed by atoms with Gasteiger partial charge in [-0.2, -0.15) is 0 Å². The van der Waals surface area contributed by atoms with Crippen LogP contribution in [0.15, 0.2) is 48.5 Å². The molecule has 0 aliphatic carbocycles. The molecule has 2 amide bonds. The van der Waals surface area contributed by atoms with E-state index in [1.54, 1.807) is 0 Å². The summed E-state index contributed by atoms with van der Waals surface area (Å²) in [6, 6.07) is 15.1. The van der Waals surface area contributed by atoms with E-state index in [9.17, 15) is 9.59 Å². The lowest BCUT2D eigenvalue weighted by atomic mass is 9.92. The third kappa shape index (κ3) is 6.90. The smallest absolute Gasteiger partial charge is 0.408 e. The number of carbonyl (C=O) groups is 2. The monoisotopic (exact) mass is 410 g/mol. The zero-order chi connectivity index (χ0) is 22.3. The molecule has 1 atom stereocenters. The SMILES string of the molecule is CC(C)CCNC(=O)c1ccccc1-c1ccccc1[C@H](C)NC(=O)OC(C)(C)C. The topological polar surface area (TPSA) is 67.4 Å². The zero-order valence-corrected chi connectivity index (χ0v) is 18.9. The van der Waals surface area contributed by atoms with Crippen molar-refractivity contribution in [3.63, 3.8) is 0 Å². The number of carbonyl (C=O) groups excluding carboxylic acids is 2. The fraction of sp³-hybridized carbons (Fsp3) is 0.440. The maximum Gasteiger partial charge on any atom is 0.408 e. The molecule has 30 heavy (non-hydrogen) atoms. The minimum Gasteiger partial charge on any atom is -0.444 e. The van der Waals surface area contributed by atoms with Crippen LogP contribution in [-0.2, 0) is 4.74 Å². The molecule has 5 nitrogen and oxygen atoms in total. The first-order valence-corrected chi connectivity index (χ1v) is 10.5. The molecular weight excluding hydrogens is 376 g/mol. The van der Waals surface area contributed by atoms with E-state index in [0.717, 1.165) is 23.1 Å². The van der Waals surface area contributed by atoms with E-state index in [0.29, 0.717) is 18.0 Å². The van der Waals surface area contributed by atoms with Gasteiger partial charge in [0, 0.05) is 12.1 Å². The third-order valence-corrected chi connectivity index (χ3v) is 4.63. The van der Waals surface area contributed by atoms with Crippen LogP contribution in [0.1, 0.15) is 69.9 Å². The number of hydrogen-bond donors (Lipinski definition) is 2. The van der Waals surface area contributed by atoms with Crippen LogP contribution in [0, 0.1) is 5.92 Å². The number of amides is 2. The molecule has 0 saturated heterocycles. The van der Waals surface area contributed by atoms with E-state index in [1.165, 1.54) is 0 Å². The second-order valence-electron chi connectivity index (χ2n) is 8.94. The molecule has 0 saturated carbocycles. The van der Waals surface area contributed by atoms with Crippen molar-refractivity contribution in [3.05, 3.63) is 59.7 Å². The lowest BCUT2D eigenvalue weighted by Gasteiger charge is -2.23. The normalized spacial score (nSPS) is 12.4. The van der Waals surface area contributed by atoms with Gasteiger partial charge in [-0.15, -0.1) is 0 Å². The summed E-state index contributed by atoms with van der Waals surface area (Å²) < 4.78 is 5.39. The molecule has 0 aliphatic rings. The Labute approximate surface area is 180 Å². The standard InChI is InChI=1S/C25H34N2O3/c1-17(2)15-16-26-23(28)22-14-10-9-13-21(22)20-12-8-7-11-19(20)18(3)27-24(29)30-25(4,5)6/h7-14,17-18H,15-16H2,1-6H3,(H,26,28)(H,27,29)/t18-/m0/s1. The van der Waals surface area contributed by atoms with Gasteiger partial charge in [-0.1, -0.05) is 56.3 Å². The highest BCUT2D eigenvalue weighted by atomic mass is 16.6. The van der Waals surface area contributed by atoms with Gasteiger partial charge >= 0.3 is 6.09 Å². The minimum absolute atomic E-state index is 0.0891. The van der Waals surface area contributed by atoms with Crippen molar-refractivity contribution < 1.29 is 14.3 Å². The highest BCUT2D eigenvalue weighted by Gasteiger charge is 2.21. The summed E-state index contributed by atoms with van der Waals surface area (Å²) in [6.07, 6.45) is 0.464. The van der Waals surface area contributed by atoms with Crippen molar-refractivity contribution in [3.8, 4) is 11.1 Å². The Bertz CT molecular complexity index is 869. The van der Waals surface area contributed by atoms with Crippen LogP contribution < -0.4 is 10.6 Å². The summed E-state index contributed by atoms with van der Waals surface area (Å²) in [6.45, 7) is 12.3. The van der Waals surface area contributed by atoms with Crippen molar-refractivity contribution >= 4 is 12.0 Å². The van der Waals surface area contributed by atoms with Gasteiger partial charge in [0.2, 0.25) is 0 Å². The Balaban J connectivity index is 2.29. The Hall–Kier alpha value is -2.82. The highest BCUT2D eigenvalue weighted by Crippen LogP contribution is 2.31. The van der Waals surface area contributed by atoms with Crippen LogP contribution in [0.4, 0.5) is 4.79 Å². The summed E-state index contributed by atoms with van der Waals surface area (Å²) in [5.74, 6) is 0.440. The van der Waals surface area contributed by atoms with Gasteiger partial charge in [0.15, 0.2) is 0 Å². The van der Waals surface area contributed by atoms with Crippen molar-refractivity contribution in [1.29, 1.82) is 0 Å². The molecule has 2 aromatic rings. The molecule has 162 valence electrons. The van der Waals surface area contributed by atoms with Gasteiger partial charge in [-0.25, -0.2) is 4.79 Å². The molecule has 0 spiro atoms. The summed E-state index contributed by atoms with van der Waals surface area (Å²) >= 11 is 0. The van der Waals surface area contributed by atoms with Crippen LogP contribution in [0.2, 0.25) is 0 Å². The Morgan fingerprint density at radius 3 is 2.17 bits per heavy atom. The number of rotatable bonds is 7. The minimum atomic E-state index is -0.565. The molecule has 0 aromatic heterocycles. The summed E-state index contributed by atoms with van der Waals surface area (Å²) in [5.41, 5.74) is 2.73. The molecular formula is C25H34N2O3. The van der Waals surface area contributed by atoms with Gasteiger partial charge in [0.25, 0.3) is 5.91 Å². The summed E-state index contributed by atoms with van der Waals surface area (Å²) in [7, 11) is 0. The molecule has 0 fully saturated rings. The van der Waals surface area contributed by atoms with Gasteiger partial charge in [-0.3, -0.25) is 4.79 Å². The van der Waals surface area contributed by atoms with Crippen molar-refractivity contribution in [2.45, 2.75) is 59.6 Å². The lowest BCUT2D eigenvalue weighted by molar-refractivity contribution is 0.0508. The molecule has 0 aliphatic heterocycles. The molecule has 0 radical (unpaired) electrons. The maximum atomic E-state index is 12.8. The first-order chi connectivity index (χ1) is 14.1. The molecule has 0 bridgehead atoms. The van der Waals surface area contributed by atoms with Crippen LogP contribution in [-0.4, -0.2) is 24.1 Å². The number of hydrogen-bond acceptors (Lipinski definition) is 3. The first-order valence-electron chi connectivity index (χ1n) is 10.5. The van der Waals surface area contributed by atoms with Crippen LogP contribution in [0.3, 0.4) is 0 Å². The number of benzene rings is 2. The fourth-order valence-corrected chi connectivity index (χ4v) is 3.17. The van der Waals surface area contributed by atoms with E-state index in [2.05, 4.69) is 24.5 Å². The van der Waals surface area contributed by atoms with Crippen LogP contribution in [0.5, 0.6) is 0 Å². The Kier molecular flexibility index (Phi) is 8.04. The van der Waals surface area contributed by atoms with Gasteiger partial charge in [-0.05, 0) is 62.8 Å². The average molecular weight is 411 g/mol. The fourth-order valence-electron chi connectivity index (χ4n) is 3.17. The van der Waals surface area contributed by atoms with E-state index in [-0.39, 0.29) is 11.9 Å². The molecule has 5 heteroatoms. The second-order valence-corrected chi connectivity index (χ2v) is 8.94. The van der Waals surface area contributed by atoms with Gasteiger partial charge < -0.3 is 15.4 Å². The largest absolute Gasteiger partial charge is 0.444 e. The zero-order valence-electron chi connectivity index (χ0n) is 18.9. The predicted octanol–water partition coefficient (Wildman–Crippen LogP) is 5.72. The molecule has 2 rings (SSSR count). The van der Waals surface area contributed by atoms with Gasteiger partial charge in [0.05, 0.1) is 6.04 Å². The quantitative estimate of drug-likeness (QED) is 0.614. The maximum absolute atomic E-state index is 12.8. The molecule has 0 unspecified atom stereocenters. The van der Waals surface area contributed by atoms with Crippen molar-refractivity contribution in [1.82, 2.24) is 10.6 Å². The van der Waals surface area contributed by atoms with Gasteiger partial charge in [0.1, 0.15) is 5.60 Å². The average Bonchev–Trinajstić information content (AvgIpc) is 2.66. The molecule has 2 aromatic carbocycles. The number of alkyl carbamates (subject to hydrolysis) is 1. The van der Waals surface area contributed by atoms with Crippen LogP contribution >= 0.6 is 0 Å².